The minimum atomic E-state index is -0.729. The van der Waals surface area contributed by atoms with E-state index in [2.05, 4.69) is 4.98 Å². The number of amides is 1. The fourth-order valence-electron chi connectivity index (χ4n) is 3.82. The van der Waals surface area contributed by atoms with Crippen molar-refractivity contribution in [2.24, 2.45) is 0 Å². The number of hydrogen-bond donors (Lipinski definition) is 1. The average Bonchev–Trinajstić information content (AvgIpc) is 3.04. The molecule has 6 nitrogen and oxygen atoms in total. The van der Waals surface area contributed by atoms with Crippen LogP contribution in [0.1, 0.15) is 28.4 Å². The van der Waals surface area contributed by atoms with Crippen molar-refractivity contribution in [3.8, 4) is 5.75 Å². The fraction of sp³-hybridized carbons (Fsp3) is 0.160. The molecule has 2 heterocycles. The number of methoxy groups -OCH3 is 1. The maximum Gasteiger partial charge on any atom is 0.296 e. The Hall–Kier alpha value is -3.93. The SMILES string of the molecule is COc1cccc(/C(O)=C2/C(=O)C(=O)N(Cc3ccccn3)C2c2cccc(C)c2)c1. The van der Waals surface area contributed by atoms with Gasteiger partial charge in [-0.2, -0.15) is 0 Å². The smallest absolute Gasteiger partial charge is 0.296 e. The van der Waals surface area contributed by atoms with Gasteiger partial charge in [0.2, 0.25) is 0 Å². The topological polar surface area (TPSA) is 79.7 Å². The summed E-state index contributed by atoms with van der Waals surface area (Å²) in [5.74, 6) is -1.07. The van der Waals surface area contributed by atoms with Gasteiger partial charge in [0, 0.05) is 11.8 Å². The number of carbonyl (C=O) groups is 2. The molecule has 0 radical (unpaired) electrons. The molecule has 1 fully saturated rings. The Morgan fingerprint density at radius 3 is 2.58 bits per heavy atom. The molecule has 4 rings (SSSR count). The number of benzene rings is 2. The van der Waals surface area contributed by atoms with Gasteiger partial charge in [-0.25, -0.2) is 0 Å². The number of aryl methyl sites for hydroxylation is 1. The van der Waals surface area contributed by atoms with Crippen molar-refractivity contribution >= 4 is 17.4 Å². The van der Waals surface area contributed by atoms with Crippen LogP contribution in [0.3, 0.4) is 0 Å². The number of pyridine rings is 1. The van der Waals surface area contributed by atoms with Crippen LogP contribution in [0.25, 0.3) is 5.76 Å². The molecule has 1 unspecified atom stereocenters. The quantitative estimate of drug-likeness (QED) is 0.388. The lowest BCUT2D eigenvalue weighted by molar-refractivity contribution is -0.140. The summed E-state index contributed by atoms with van der Waals surface area (Å²) < 4.78 is 5.24. The number of ether oxygens (including phenoxy) is 1. The van der Waals surface area contributed by atoms with Gasteiger partial charge in [0.1, 0.15) is 11.5 Å². The van der Waals surface area contributed by atoms with Gasteiger partial charge in [-0.1, -0.05) is 48.0 Å². The van der Waals surface area contributed by atoms with E-state index in [1.807, 2.05) is 37.3 Å². The van der Waals surface area contributed by atoms with E-state index in [4.69, 9.17) is 4.74 Å². The minimum Gasteiger partial charge on any atom is -0.507 e. The molecule has 1 N–H and O–H groups in total. The van der Waals surface area contributed by atoms with E-state index in [9.17, 15) is 14.7 Å². The maximum atomic E-state index is 13.1. The van der Waals surface area contributed by atoms with Gasteiger partial charge < -0.3 is 14.7 Å². The van der Waals surface area contributed by atoms with Crippen molar-refractivity contribution in [3.63, 3.8) is 0 Å². The van der Waals surface area contributed by atoms with Crippen molar-refractivity contribution in [1.82, 2.24) is 9.88 Å². The summed E-state index contributed by atoms with van der Waals surface area (Å²) in [4.78, 5) is 31.9. The Labute approximate surface area is 180 Å². The first-order chi connectivity index (χ1) is 15.0. The van der Waals surface area contributed by atoms with Crippen molar-refractivity contribution in [2.75, 3.05) is 7.11 Å². The van der Waals surface area contributed by atoms with Gasteiger partial charge >= 0.3 is 0 Å². The van der Waals surface area contributed by atoms with E-state index in [-0.39, 0.29) is 17.9 Å². The van der Waals surface area contributed by atoms with Crippen LogP contribution in [-0.4, -0.2) is 33.8 Å². The summed E-state index contributed by atoms with van der Waals surface area (Å²) in [6.07, 6.45) is 1.64. The number of Topliss-reactive ketones (excluding diaryl/α,β-unsaturated/α-hetero) is 1. The van der Waals surface area contributed by atoms with Crippen LogP contribution in [0.15, 0.2) is 78.5 Å². The first-order valence-corrected chi connectivity index (χ1v) is 9.89. The number of aliphatic hydroxyl groups is 1. The van der Waals surface area contributed by atoms with Crippen LogP contribution >= 0.6 is 0 Å². The zero-order valence-electron chi connectivity index (χ0n) is 17.3. The molecule has 0 saturated carbocycles. The van der Waals surface area contributed by atoms with Crippen molar-refractivity contribution < 1.29 is 19.4 Å². The summed E-state index contributed by atoms with van der Waals surface area (Å²) >= 11 is 0. The van der Waals surface area contributed by atoms with Crippen LogP contribution in [0.5, 0.6) is 5.75 Å². The van der Waals surface area contributed by atoms with E-state index < -0.39 is 17.7 Å². The van der Waals surface area contributed by atoms with E-state index in [1.165, 1.54) is 12.0 Å². The molecular formula is C25H22N2O4. The Kier molecular flexibility index (Phi) is 5.54. The summed E-state index contributed by atoms with van der Waals surface area (Å²) in [6.45, 7) is 2.09. The van der Waals surface area contributed by atoms with Crippen LogP contribution in [-0.2, 0) is 16.1 Å². The zero-order valence-corrected chi connectivity index (χ0v) is 17.3. The number of aliphatic hydroxyl groups excluding tert-OH is 1. The first-order valence-electron chi connectivity index (χ1n) is 9.89. The molecule has 2 aromatic carbocycles. The second kappa shape index (κ2) is 8.44. The monoisotopic (exact) mass is 414 g/mol. The molecule has 156 valence electrons. The van der Waals surface area contributed by atoms with Gasteiger partial charge in [-0.05, 0) is 36.8 Å². The number of ketones is 1. The molecule has 0 spiro atoms. The van der Waals surface area contributed by atoms with E-state index in [0.29, 0.717) is 17.0 Å². The number of nitrogens with zero attached hydrogens (tertiary/aromatic N) is 2. The van der Waals surface area contributed by atoms with Crippen molar-refractivity contribution in [3.05, 3.63) is 101 Å². The molecule has 0 bridgehead atoms. The predicted octanol–water partition coefficient (Wildman–Crippen LogP) is 4.02. The molecule has 1 saturated heterocycles. The van der Waals surface area contributed by atoms with E-state index in [0.717, 1.165) is 11.1 Å². The second-order valence-corrected chi connectivity index (χ2v) is 7.39. The molecule has 3 aromatic rings. The highest BCUT2D eigenvalue weighted by Crippen LogP contribution is 2.40. The first kappa shape index (κ1) is 20.3. The molecule has 6 heteroatoms. The number of hydrogen-bond acceptors (Lipinski definition) is 5. The van der Waals surface area contributed by atoms with Gasteiger partial charge in [0.25, 0.3) is 11.7 Å². The Bertz CT molecular complexity index is 1170. The molecule has 1 amide bonds. The molecule has 31 heavy (non-hydrogen) atoms. The lowest BCUT2D eigenvalue weighted by Gasteiger charge is -2.25. The standard InChI is InChI=1S/C25H22N2O4/c1-16-7-5-8-17(13-16)22-21(23(28)18-9-6-11-20(14-18)31-2)24(29)25(30)27(22)15-19-10-3-4-12-26-19/h3-14,22,28H,15H2,1-2H3/b23-21-. The number of carbonyl (C=O) groups excluding carboxylic acids is 2. The maximum absolute atomic E-state index is 13.1. The molecular weight excluding hydrogens is 392 g/mol. The highest BCUT2D eigenvalue weighted by molar-refractivity contribution is 6.46. The van der Waals surface area contributed by atoms with Gasteiger partial charge in [0.05, 0.1) is 31.0 Å². The Morgan fingerprint density at radius 2 is 1.87 bits per heavy atom. The third-order valence-corrected chi connectivity index (χ3v) is 5.30. The number of aromatic nitrogens is 1. The third kappa shape index (κ3) is 3.92. The molecule has 1 atom stereocenters. The number of likely N-dealkylation sites (tertiary alicyclic amines) is 1. The second-order valence-electron chi connectivity index (χ2n) is 7.39. The molecule has 1 aliphatic heterocycles. The van der Waals surface area contributed by atoms with Crippen LogP contribution in [0.2, 0.25) is 0 Å². The van der Waals surface area contributed by atoms with Gasteiger partial charge in [0.15, 0.2) is 0 Å². The summed E-state index contributed by atoms with van der Waals surface area (Å²) in [6, 6.07) is 19.1. The van der Waals surface area contributed by atoms with E-state index >= 15 is 0 Å². The molecule has 0 aliphatic carbocycles. The minimum absolute atomic E-state index is 0.0554. The zero-order chi connectivity index (χ0) is 22.0. The third-order valence-electron chi connectivity index (χ3n) is 5.30. The van der Waals surface area contributed by atoms with Crippen LogP contribution < -0.4 is 4.74 Å². The molecule has 1 aliphatic rings. The summed E-state index contributed by atoms with van der Waals surface area (Å²) in [7, 11) is 1.53. The average molecular weight is 414 g/mol. The lowest BCUT2D eigenvalue weighted by Crippen LogP contribution is -2.29. The summed E-state index contributed by atoms with van der Waals surface area (Å²) in [5, 5.41) is 11.1. The Balaban J connectivity index is 1.87. The number of rotatable bonds is 5. The van der Waals surface area contributed by atoms with Gasteiger partial charge in [-0.3, -0.25) is 14.6 Å². The Morgan fingerprint density at radius 1 is 1.06 bits per heavy atom. The van der Waals surface area contributed by atoms with E-state index in [1.54, 1.807) is 42.6 Å². The van der Waals surface area contributed by atoms with Crippen molar-refractivity contribution in [2.45, 2.75) is 19.5 Å². The molecule has 1 aromatic heterocycles. The van der Waals surface area contributed by atoms with Crippen molar-refractivity contribution in [1.29, 1.82) is 0 Å². The fourth-order valence-corrected chi connectivity index (χ4v) is 3.82. The van der Waals surface area contributed by atoms with Crippen LogP contribution in [0, 0.1) is 6.92 Å². The predicted molar refractivity (Wildman–Crippen MR) is 116 cm³/mol. The summed E-state index contributed by atoms with van der Waals surface area (Å²) in [5.41, 5.74) is 2.86. The van der Waals surface area contributed by atoms with Gasteiger partial charge in [-0.15, -0.1) is 0 Å². The van der Waals surface area contributed by atoms with Crippen LogP contribution in [0.4, 0.5) is 0 Å². The normalized spacial score (nSPS) is 17.7. The lowest BCUT2D eigenvalue weighted by atomic mass is 9.94. The largest absolute Gasteiger partial charge is 0.507 e. The highest BCUT2D eigenvalue weighted by atomic mass is 16.5. The highest BCUT2D eigenvalue weighted by Gasteiger charge is 2.46.